The Bertz CT molecular complexity index is 602. The molecule has 1 amide bonds. The predicted octanol–water partition coefficient (Wildman–Crippen LogP) is 3.71. The fraction of sp³-hybridized carbons (Fsp3) is 0.611. The van der Waals surface area contributed by atoms with Crippen LogP contribution in [0.4, 0.5) is 13.2 Å². The summed E-state index contributed by atoms with van der Waals surface area (Å²) in [5, 5.41) is 1.04. The van der Waals surface area contributed by atoms with E-state index in [-0.39, 0.29) is 18.9 Å². The molecule has 7 heteroatoms. The number of carbonyl (C=O) groups excluding carboxylic acids is 1. The first kappa shape index (κ1) is 19.6. The lowest BCUT2D eigenvalue weighted by molar-refractivity contribution is -0.190. The topological polar surface area (TPSA) is 41.6 Å². The second kappa shape index (κ2) is 7.64. The van der Waals surface area contributed by atoms with Crippen LogP contribution < -0.4 is 10.2 Å². The van der Waals surface area contributed by atoms with Crippen LogP contribution in [0.25, 0.3) is 0 Å². The number of benzene rings is 1. The van der Waals surface area contributed by atoms with Gasteiger partial charge in [-0.25, -0.2) is 5.01 Å². The van der Waals surface area contributed by atoms with Crippen molar-refractivity contribution in [1.82, 2.24) is 10.4 Å². The second-order valence-electron chi connectivity index (χ2n) is 6.98. The Morgan fingerprint density at radius 2 is 2.08 bits per heavy atom. The first-order valence-electron chi connectivity index (χ1n) is 8.49. The number of halogens is 3. The van der Waals surface area contributed by atoms with E-state index in [0.717, 1.165) is 16.3 Å². The van der Waals surface area contributed by atoms with Gasteiger partial charge in [-0.3, -0.25) is 10.2 Å². The zero-order valence-corrected chi connectivity index (χ0v) is 14.8. The van der Waals surface area contributed by atoms with Crippen LogP contribution in [-0.2, 0) is 11.2 Å². The third-order valence-corrected chi connectivity index (χ3v) is 4.33. The van der Waals surface area contributed by atoms with E-state index in [0.29, 0.717) is 19.4 Å². The van der Waals surface area contributed by atoms with Gasteiger partial charge in [0, 0.05) is 6.54 Å². The molecule has 0 aromatic heterocycles. The number of ether oxygens (including phenoxy) is 1. The molecule has 1 fully saturated rings. The molecule has 1 atom stereocenters. The van der Waals surface area contributed by atoms with Gasteiger partial charge in [-0.2, -0.15) is 13.2 Å². The van der Waals surface area contributed by atoms with Gasteiger partial charge in [0.1, 0.15) is 11.8 Å². The highest BCUT2D eigenvalue weighted by Gasteiger charge is 2.49. The smallest absolute Gasteiger partial charge is 0.405 e. The number of nitrogens with zero attached hydrogens (tertiary/aromatic N) is 1. The zero-order valence-electron chi connectivity index (χ0n) is 14.8. The van der Waals surface area contributed by atoms with Gasteiger partial charge in [-0.1, -0.05) is 12.1 Å². The molecule has 0 saturated carbocycles. The normalized spacial score (nSPS) is 18.9. The number of aryl methyl sites for hydroxylation is 1. The van der Waals surface area contributed by atoms with E-state index in [1.165, 1.54) is 0 Å². The predicted molar refractivity (Wildman–Crippen MR) is 89.0 cm³/mol. The van der Waals surface area contributed by atoms with Gasteiger partial charge in [0.2, 0.25) is 5.91 Å². The van der Waals surface area contributed by atoms with Gasteiger partial charge in [0.05, 0.1) is 12.0 Å². The van der Waals surface area contributed by atoms with E-state index in [9.17, 15) is 18.0 Å². The minimum absolute atomic E-state index is 0.0514. The van der Waals surface area contributed by atoms with Gasteiger partial charge in [0.25, 0.3) is 0 Å². The van der Waals surface area contributed by atoms with Crippen molar-refractivity contribution in [2.75, 3.05) is 13.2 Å². The first-order valence-corrected chi connectivity index (χ1v) is 8.49. The lowest BCUT2D eigenvalue weighted by atomic mass is 9.94. The lowest BCUT2D eigenvalue weighted by Crippen LogP contribution is -2.50. The van der Waals surface area contributed by atoms with Gasteiger partial charge in [-0.05, 0) is 57.7 Å². The molecular formula is C18H25F3N2O2. The Kier molecular flexibility index (Phi) is 5.98. The van der Waals surface area contributed by atoms with E-state index < -0.39 is 17.6 Å². The summed E-state index contributed by atoms with van der Waals surface area (Å²) in [4.78, 5) is 11.8. The van der Waals surface area contributed by atoms with Gasteiger partial charge in [-0.15, -0.1) is 0 Å². The molecule has 0 unspecified atom stereocenters. The summed E-state index contributed by atoms with van der Waals surface area (Å²) in [5.74, 6) is 0.354. The fourth-order valence-electron chi connectivity index (χ4n) is 2.96. The van der Waals surface area contributed by atoms with Crippen molar-refractivity contribution in [1.29, 1.82) is 0 Å². The lowest BCUT2D eigenvalue weighted by Gasteiger charge is -2.29. The number of hydrogen-bond donors (Lipinski definition) is 1. The van der Waals surface area contributed by atoms with Crippen molar-refractivity contribution in [2.24, 2.45) is 5.41 Å². The van der Waals surface area contributed by atoms with Crippen LogP contribution in [0.15, 0.2) is 24.3 Å². The third-order valence-electron chi connectivity index (χ3n) is 4.33. The third kappa shape index (κ3) is 5.11. The first-order chi connectivity index (χ1) is 11.6. The van der Waals surface area contributed by atoms with E-state index in [2.05, 4.69) is 5.43 Å². The van der Waals surface area contributed by atoms with Gasteiger partial charge in [0.15, 0.2) is 0 Å². The quantitative estimate of drug-likeness (QED) is 0.808. The highest BCUT2D eigenvalue weighted by Crippen LogP contribution is 2.33. The monoisotopic (exact) mass is 358 g/mol. The molecule has 1 saturated heterocycles. The molecule has 1 aliphatic heterocycles. The largest absolute Gasteiger partial charge is 0.494 e. The summed E-state index contributed by atoms with van der Waals surface area (Å²) in [7, 11) is 0. The Morgan fingerprint density at radius 1 is 1.36 bits per heavy atom. The molecule has 0 bridgehead atoms. The van der Waals surface area contributed by atoms with Crippen LogP contribution in [0.2, 0.25) is 0 Å². The SMILES string of the molecule is CCOc1cccc(CCC[C@H](N2CC(C)(C)C(=O)N2)C(F)(F)F)c1. The molecule has 1 N–H and O–H groups in total. The average molecular weight is 358 g/mol. The maximum absolute atomic E-state index is 13.4. The van der Waals surface area contributed by atoms with Crippen LogP contribution in [0.1, 0.15) is 39.2 Å². The number of alkyl halides is 3. The molecule has 2 rings (SSSR count). The van der Waals surface area contributed by atoms with Gasteiger partial charge >= 0.3 is 6.18 Å². The highest BCUT2D eigenvalue weighted by molar-refractivity contribution is 5.83. The molecular weight excluding hydrogens is 333 g/mol. The Labute approximate surface area is 146 Å². The summed E-state index contributed by atoms with van der Waals surface area (Å²) < 4.78 is 45.7. The molecule has 1 aromatic rings. The van der Waals surface area contributed by atoms with Crippen LogP contribution in [-0.4, -0.2) is 36.3 Å². The van der Waals surface area contributed by atoms with E-state index >= 15 is 0 Å². The molecule has 140 valence electrons. The molecule has 1 aliphatic rings. The minimum Gasteiger partial charge on any atom is -0.494 e. The molecule has 25 heavy (non-hydrogen) atoms. The molecule has 0 aliphatic carbocycles. The maximum Gasteiger partial charge on any atom is 0.405 e. The molecule has 0 spiro atoms. The van der Waals surface area contributed by atoms with Gasteiger partial charge < -0.3 is 4.74 Å². The van der Waals surface area contributed by atoms with E-state index in [1.807, 2.05) is 31.2 Å². The van der Waals surface area contributed by atoms with E-state index in [1.54, 1.807) is 13.8 Å². The number of hydrogen-bond acceptors (Lipinski definition) is 3. The molecule has 4 nitrogen and oxygen atoms in total. The van der Waals surface area contributed by atoms with Crippen molar-refractivity contribution in [3.05, 3.63) is 29.8 Å². The molecule has 0 radical (unpaired) electrons. The summed E-state index contributed by atoms with van der Waals surface area (Å²) >= 11 is 0. The summed E-state index contributed by atoms with van der Waals surface area (Å²) in [6, 6.07) is 5.73. The van der Waals surface area contributed by atoms with E-state index in [4.69, 9.17) is 4.74 Å². The molecule has 1 heterocycles. The second-order valence-corrected chi connectivity index (χ2v) is 6.98. The van der Waals surface area contributed by atoms with Crippen molar-refractivity contribution in [3.63, 3.8) is 0 Å². The summed E-state index contributed by atoms with van der Waals surface area (Å²) in [5.41, 5.74) is 2.51. The Balaban J connectivity index is 1.97. The van der Waals surface area contributed by atoms with Crippen molar-refractivity contribution in [3.8, 4) is 5.75 Å². The molecule has 1 aromatic carbocycles. The summed E-state index contributed by atoms with van der Waals surface area (Å²) in [6.07, 6.45) is -3.56. The zero-order chi connectivity index (χ0) is 18.7. The number of rotatable bonds is 7. The van der Waals surface area contributed by atoms with Crippen molar-refractivity contribution >= 4 is 5.91 Å². The van der Waals surface area contributed by atoms with Crippen LogP contribution in [0, 0.1) is 5.41 Å². The van der Waals surface area contributed by atoms with Crippen molar-refractivity contribution in [2.45, 2.75) is 52.3 Å². The van der Waals surface area contributed by atoms with Crippen LogP contribution in [0.3, 0.4) is 0 Å². The Morgan fingerprint density at radius 3 is 2.64 bits per heavy atom. The number of nitrogens with one attached hydrogen (secondary N) is 1. The maximum atomic E-state index is 13.4. The minimum atomic E-state index is -4.39. The summed E-state index contributed by atoms with van der Waals surface area (Å²) in [6.45, 7) is 5.77. The Hall–Kier alpha value is -1.76. The standard InChI is InChI=1S/C18H25F3N2O2/c1-4-25-14-9-5-7-13(11-14)8-6-10-15(18(19,20)21)23-12-17(2,3)16(24)22-23/h5,7,9,11,15H,4,6,8,10,12H2,1-3H3,(H,22,24)/t15-/m0/s1. The number of carbonyl (C=O) groups is 1. The van der Waals surface area contributed by atoms with Crippen molar-refractivity contribution < 1.29 is 22.7 Å². The number of hydrazine groups is 1. The fourth-order valence-corrected chi connectivity index (χ4v) is 2.96. The van der Waals surface area contributed by atoms with Crippen LogP contribution >= 0.6 is 0 Å². The highest BCUT2D eigenvalue weighted by atomic mass is 19.4. The van der Waals surface area contributed by atoms with Crippen LogP contribution in [0.5, 0.6) is 5.75 Å². The average Bonchev–Trinajstić information content (AvgIpc) is 2.76. The number of amides is 1.